The van der Waals surface area contributed by atoms with E-state index in [9.17, 15) is 4.79 Å². The Morgan fingerprint density at radius 2 is 2.05 bits per heavy atom. The summed E-state index contributed by atoms with van der Waals surface area (Å²) in [7, 11) is 0. The molecule has 0 aromatic heterocycles. The summed E-state index contributed by atoms with van der Waals surface area (Å²) in [6.07, 6.45) is 0. The van der Waals surface area contributed by atoms with E-state index in [4.69, 9.17) is 11.6 Å². The van der Waals surface area contributed by atoms with Crippen LogP contribution < -0.4 is 5.32 Å². The molecule has 0 spiro atoms. The van der Waals surface area contributed by atoms with Crippen LogP contribution >= 0.6 is 39.3 Å². The molecule has 0 atom stereocenters. The smallest absolute Gasteiger partial charge is 0.234 e. The highest BCUT2D eigenvalue weighted by molar-refractivity contribution is 9.10. The first-order chi connectivity index (χ1) is 10.1. The number of rotatable bonds is 5. The number of thioether (sulfide) groups is 1. The molecule has 0 saturated heterocycles. The molecule has 110 valence electrons. The predicted octanol–water partition coefficient (Wildman–Crippen LogP) is 5.28. The van der Waals surface area contributed by atoms with Gasteiger partial charge in [0.1, 0.15) is 0 Å². The van der Waals surface area contributed by atoms with Gasteiger partial charge < -0.3 is 5.32 Å². The fourth-order valence-corrected chi connectivity index (χ4v) is 3.13. The highest BCUT2D eigenvalue weighted by Crippen LogP contribution is 2.25. The van der Waals surface area contributed by atoms with E-state index in [-0.39, 0.29) is 5.91 Å². The van der Waals surface area contributed by atoms with Gasteiger partial charge in [-0.15, -0.1) is 11.8 Å². The molecule has 2 nitrogen and oxygen atoms in total. The second-order valence-corrected chi connectivity index (χ2v) is 6.84. The molecule has 5 heteroatoms. The van der Waals surface area contributed by atoms with Gasteiger partial charge in [0, 0.05) is 15.9 Å². The molecule has 0 aliphatic heterocycles. The van der Waals surface area contributed by atoms with Crippen molar-refractivity contribution in [3.8, 4) is 0 Å². The van der Waals surface area contributed by atoms with Gasteiger partial charge in [0.05, 0.1) is 10.8 Å². The van der Waals surface area contributed by atoms with Gasteiger partial charge in [-0.05, 0) is 52.2 Å². The van der Waals surface area contributed by atoms with E-state index in [1.807, 2.05) is 24.3 Å². The Labute approximate surface area is 142 Å². The highest BCUT2D eigenvalue weighted by Gasteiger charge is 2.05. The number of benzene rings is 2. The topological polar surface area (TPSA) is 29.1 Å². The summed E-state index contributed by atoms with van der Waals surface area (Å²) in [6, 6.07) is 13.6. The van der Waals surface area contributed by atoms with Crippen molar-refractivity contribution < 1.29 is 4.79 Å². The Balaban J connectivity index is 1.82. The second kappa shape index (κ2) is 7.87. The minimum absolute atomic E-state index is 0.0213. The van der Waals surface area contributed by atoms with E-state index in [1.54, 1.807) is 17.8 Å². The molecule has 1 N–H and O–H groups in total. The molecule has 0 unspecified atom stereocenters. The molecule has 0 radical (unpaired) electrons. The first-order valence-corrected chi connectivity index (χ1v) is 8.76. The molecule has 0 bridgehead atoms. The molecule has 0 fully saturated rings. The summed E-state index contributed by atoms with van der Waals surface area (Å²) in [5.74, 6) is 1.23. The van der Waals surface area contributed by atoms with Crippen LogP contribution in [0.2, 0.25) is 5.02 Å². The average molecular weight is 385 g/mol. The van der Waals surface area contributed by atoms with Gasteiger partial charge in [-0.2, -0.15) is 0 Å². The van der Waals surface area contributed by atoms with Crippen LogP contribution in [0, 0.1) is 6.92 Å². The Morgan fingerprint density at radius 3 is 2.76 bits per heavy atom. The SMILES string of the molecule is Cc1ccccc1CSCC(=O)Nc1ccc(Br)c(Cl)c1. The van der Waals surface area contributed by atoms with Crippen LogP contribution in [0.1, 0.15) is 11.1 Å². The van der Waals surface area contributed by atoms with E-state index in [0.29, 0.717) is 16.5 Å². The van der Waals surface area contributed by atoms with Crippen molar-refractivity contribution >= 4 is 50.9 Å². The zero-order valence-corrected chi connectivity index (χ0v) is 14.7. The van der Waals surface area contributed by atoms with Crippen molar-refractivity contribution in [3.05, 3.63) is 63.1 Å². The van der Waals surface area contributed by atoms with Gasteiger partial charge in [0.15, 0.2) is 0 Å². The lowest BCUT2D eigenvalue weighted by Crippen LogP contribution is -2.14. The number of carbonyl (C=O) groups excluding carboxylic acids is 1. The van der Waals surface area contributed by atoms with Gasteiger partial charge in [0.2, 0.25) is 5.91 Å². The molecule has 0 saturated carbocycles. The van der Waals surface area contributed by atoms with E-state index in [2.05, 4.69) is 40.3 Å². The lowest BCUT2D eigenvalue weighted by molar-refractivity contribution is -0.113. The third kappa shape index (κ3) is 5.06. The Kier molecular flexibility index (Phi) is 6.15. The molecule has 0 heterocycles. The fraction of sp³-hybridized carbons (Fsp3) is 0.188. The van der Waals surface area contributed by atoms with Crippen molar-refractivity contribution in [1.82, 2.24) is 0 Å². The third-order valence-corrected chi connectivity index (χ3v) is 5.17. The minimum Gasteiger partial charge on any atom is -0.325 e. The van der Waals surface area contributed by atoms with Crippen LogP contribution in [0.15, 0.2) is 46.9 Å². The van der Waals surface area contributed by atoms with Crippen molar-refractivity contribution in [2.45, 2.75) is 12.7 Å². The number of halogens is 2. The third-order valence-electron chi connectivity index (χ3n) is 2.96. The van der Waals surface area contributed by atoms with Gasteiger partial charge in [-0.1, -0.05) is 35.9 Å². The monoisotopic (exact) mass is 383 g/mol. The maximum Gasteiger partial charge on any atom is 0.234 e. The number of hydrogen-bond acceptors (Lipinski definition) is 2. The number of nitrogens with one attached hydrogen (secondary N) is 1. The first kappa shape index (κ1) is 16.4. The first-order valence-electron chi connectivity index (χ1n) is 6.43. The summed E-state index contributed by atoms with van der Waals surface area (Å²) in [6.45, 7) is 2.08. The number of hydrogen-bond donors (Lipinski definition) is 1. The van der Waals surface area contributed by atoms with Crippen LogP contribution in [0.25, 0.3) is 0 Å². The standard InChI is InChI=1S/C16H15BrClNOS/c1-11-4-2-3-5-12(11)9-21-10-16(20)19-13-6-7-14(17)15(18)8-13/h2-8H,9-10H2,1H3,(H,19,20). The maximum atomic E-state index is 11.9. The zero-order chi connectivity index (χ0) is 15.2. The minimum atomic E-state index is -0.0213. The van der Waals surface area contributed by atoms with E-state index in [1.165, 1.54) is 11.1 Å². The van der Waals surface area contributed by atoms with Gasteiger partial charge in [-0.25, -0.2) is 0 Å². The van der Waals surface area contributed by atoms with Crippen LogP contribution in [0.3, 0.4) is 0 Å². The molecule has 21 heavy (non-hydrogen) atoms. The molecular weight excluding hydrogens is 370 g/mol. The van der Waals surface area contributed by atoms with Crippen molar-refractivity contribution in [1.29, 1.82) is 0 Å². The lowest BCUT2D eigenvalue weighted by atomic mass is 10.1. The van der Waals surface area contributed by atoms with E-state index in [0.717, 1.165) is 10.2 Å². The molecule has 0 aliphatic carbocycles. The average Bonchev–Trinajstić information content (AvgIpc) is 2.45. The normalized spacial score (nSPS) is 10.4. The molecule has 0 aliphatic rings. The quantitative estimate of drug-likeness (QED) is 0.759. The molecule has 2 rings (SSSR count). The summed E-state index contributed by atoms with van der Waals surface area (Å²) >= 11 is 10.9. The van der Waals surface area contributed by atoms with Crippen molar-refractivity contribution in [3.63, 3.8) is 0 Å². The largest absolute Gasteiger partial charge is 0.325 e. The zero-order valence-electron chi connectivity index (χ0n) is 11.5. The highest BCUT2D eigenvalue weighted by atomic mass is 79.9. The van der Waals surface area contributed by atoms with Crippen LogP contribution in [-0.2, 0) is 10.5 Å². The van der Waals surface area contributed by atoms with E-state index < -0.39 is 0 Å². The molecule has 2 aromatic carbocycles. The number of amides is 1. The number of aryl methyl sites for hydroxylation is 1. The predicted molar refractivity (Wildman–Crippen MR) is 95.1 cm³/mol. The van der Waals surface area contributed by atoms with Gasteiger partial charge in [-0.3, -0.25) is 4.79 Å². The lowest BCUT2D eigenvalue weighted by Gasteiger charge is -2.07. The molecule has 1 amide bonds. The van der Waals surface area contributed by atoms with Gasteiger partial charge in [0.25, 0.3) is 0 Å². The number of anilines is 1. The Hall–Kier alpha value is -0.970. The fourth-order valence-electron chi connectivity index (χ4n) is 1.80. The summed E-state index contributed by atoms with van der Waals surface area (Å²) in [4.78, 5) is 11.9. The van der Waals surface area contributed by atoms with Crippen LogP contribution in [-0.4, -0.2) is 11.7 Å². The Bertz CT molecular complexity index is 648. The second-order valence-electron chi connectivity index (χ2n) is 4.60. The van der Waals surface area contributed by atoms with Crippen molar-refractivity contribution in [2.75, 3.05) is 11.1 Å². The van der Waals surface area contributed by atoms with E-state index >= 15 is 0 Å². The van der Waals surface area contributed by atoms with Crippen LogP contribution in [0.4, 0.5) is 5.69 Å². The maximum absolute atomic E-state index is 11.9. The van der Waals surface area contributed by atoms with Crippen molar-refractivity contribution in [2.24, 2.45) is 0 Å². The summed E-state index contributed by atoms with van der Waals surface area (Å²) in [5.41, 5.74) is 3.23. The molecule has 2 aromatic rings. The van der Waals surface area contributed by atoms with Gasteiger partial charge >= 0.3 is 0 Å². The number of carbonyl (C=O) groups is 1. The summed E-state index contributed by atoms with van der Waals surface area (Å²) < 4.78 is 0.816. The molecular formula is C16H15BrClNOS. The van der Waals surface area contributed by atoms with Crippen LogP contribution in [0.5, 0.6) is 0 Å². The Morgan fingerprint density at radius 1 is 1.29 bits per heavy atom. The summed E-state index contributed by atoms with van der Waals surface area (Å²) in [5, 5.41) is 3.43.